The summed E-state index contributed by atoms with van der Waals surface area (Å²) < 4.78 is 38.6. The molecule has 38 heavy (non-hydrogen) atoms. The maximum Gasteiger partial charge on any atom is 0.416 e. The molecule has 1 saturated carbocycles. The maximum atomic E-state index is 13.0. The van der Waals surface area contributed by atoms with Crippen LogP contribution in [0, 0.1) is 18.3 Å². The Bertz CT molecular complexity index is 1260. The molecule has 0 spiro atoms. The number of nitrogens with one attached hydrogen (secondary N) is 2. The van der Waals surface area contributed by atoms with Crippen molar-refractivity contribution in [2.75, 3.05) is 4.90 Å². The Morgan fingerprint density at radius 2 is 1.71 bits per heavy atom. The van der Waals surface area contributed by atoms with E-state index in [1.165, 1.54) is 12.1 Å². The minimum absolute atomic E-state index is 0.0637. The number of alkyl halides is 3. The minimum atomic E-state index is -4.36. The Kier molecular flexibility index (Phi) is 8.61. The monoisotopic (exact) mass is 544 g/mol. The van der Waals surface area contributed by atoms with Crippen LogP contribution in [0.25, 0.3) is 11.4 Å². The summed E-state index contributed by atoms with van der Waals surface area (Å²) in [7, 11) is 0. The third-order valence-corrected chi connectivity index (χ3v) is 7.48. The number of aromatic amines is 1. The summed E-state index contributed by atoms with van der Waals surface area (Å²) in [5.41, 5.74) is 2.96. The molecule has 3 aromatic rings. The van der Waals surface area contributed by atoms with Gasteiger partial charge in [0.2, 0.25) is 5.91 Å². The number of imidazole rings is 1. The Morgan fingerprint density at radius 1 is 1.08 bits per heavy atom. The smallest absolute Gasteiger partial charge is 0.342 e. The number of H-pyrrole nitrogens is 1. The van der Waals surface area contributed by atoms with Gasteiger partial charge in [-0.05, 0) is 94.7 Å². The van der Waals surface area contributed by atoms with Crippen molar-refractivity contribution < 1.29 is 18.0 Å². The highest BCUT2D eigenvalue weighted by Crippen LogP contribution is 2.34. The summed E-state index contributed by atoms with van der Waals surface area (Å²) in [6.07, 6.45) is 1.22. The van der Waals surface area contributed by atoms with Crippen molar-refractivity contribution in [1.82, 2.24) is 9.97 Å². The van der Waals surface area contributed by atoms with Gasteiger partial charge in [-0.1, -0.05) is 23.7 Å². The Labute approximate surface area is 225 Å². The van der Waals surface area contributed by atoms with Crippen molar-refractivity contribution in [1.29, 1.82) is 5.41 Å². The number of carbonyl (C=O) groups excluding carboxylic acids is 1. The van der Waals surface area contributed by atoms with E-state index in [0.717, 1.165) is 67.7 Å². The van der Waals surface area contributed by atoms with Crippen LogP contribution in [-0.2, 0) is 17.4 Å². The van der Waals surface area contributed by atoms with Crippen LogP contribution in [0.5, 0.6) is 0 Å². The normalized spacial score (nSPS) is 17.8. The zero-order chi connectivity index (χ0) is 27.4. The number of halogens is 4. The molecular formula is C29H32ClF3N4O. The summed E-state index contributed by atoms with van der Waals surface area (Å²) in [4.78, 5) is 22.8. The Hall–Kier alpha value is -3.13. The Morgan fingerprint density at radius 3 is 2.29 bits per heavy atom. The van der Waals surface area contributed by atoms with E-state index in [2.05, 4.69) is 9.97 Å². The van der Waals surface area contributed by atoms with Gasteiger partial charge < -0.3 is 15.3 Å². The summed E-state index contributed by atoms with van der Waals surface area (Å²) in [6.45, 7) is 3.59. The first-order valence-electron chi connectivity index (χ1n) is 12.9. The molecule has 2 N–H and O–H groups in total. The van der Waals surface area contributed by atoms with E-state index in [9.17, 15) is 18.0 Å². The van der Waals surface area contributed by atoms with Crippen LogP contribution in [0.15, 0.2) is 48.5 Å². The zero-order valence-corrected chi connectivity index (χ0v) is 22.3. The molecule has 0 bridgehead atoms. The van der Waals surface area contributed by atoms with Crippen molar-refractivity contribution in [3.05, 3.63) is 70.5 Å². The molecular weight excluding hydrogens is 513 g/mol. The third-order valence-electron chi connectivity index (χ3n) is 7.23. The van der Waals surface area contributed by atoms with Crippen molar-refractivity contribution in [3.8, 4) is 11.4 Å². The van der Waals surface area contributed by atoms with Crippen LogP contribution in [0.4, 0.5) is 18.9 Å². The van der Waals surface area contributed by atoms with Gasteiger partial charge in [-0.3, -0.25) is 4.79 Å². The fourth-order valence-corrected chi connectivity index (χ4v) is 5.32. The number of hydrogen-bond acceptors (Lipinski definition) is 3. The van der Waals surface area contributed by atoms with E-state index >= 15 is 0 Å². The number of rotatable bonds is 8. The van der Waals surface area contributed by atoms with Crippen LogP contribution in [-0.4, -0.2) is 27.6 Å². The van der Waals surface area contributed by atoms with Crippen LogP contribution in [0.3, 0.4) is 0 Å². The zero-order valence-electron chi connectivity index (χ0n) is 21.5. The predicted octanol–water partition coefficient (Wildman–Crippen LogP) is 8.01. The molecule has 4 rings (SSSR count). The lowest BCUT2D eigenvalue weighted by Crippen LogP contribution is -2.43. The van der Waals surface area contributed by atoms with Gasteiger partial charge >= 0.3 is 6.18 Å². The molecule has 1 fully saturated rings. The van der Waals surface area contributed by atoms with Gasteiger partial charge in [0.1, 0.15) is 5.82 Å². The fourth-order valence-electron chi connectivity index (χ4n) is 5.20. The van der Waals surface area contributed by atoms with E-state index in [1.807, 2.05) is 24.0 Å². The summed E-state index contributed by atoms with van der Waals surface area (Å²) in [5.74, 6) is 1.02. The highest BCUT2D eigenvalue weighted by atomic mass is 35.5. The van der Waals surface area contributed by atoms with Gasteiger partial charge in [0.15, 0.2) is 0 Å². The van der Waals surface area contributed by atoms with Crippen molar-refractivity contribution in [3.63, 3.8) is 0 Å². The van der Waals surface area contributed by atoms with E-state index in [0.29, 0.717) is 28.0 Å². The molecule has 2 aromatic carbocycles. The standard InChI is InChI=1S/C29H32ClF3N4O/c1-18(34)17-27(38)37(25-14-10-23(30)11-15-25)24-12-3-20(4-13-24)5-16-26-19(2)35-28(36-26)21-6-8-22(9-7-21)29(31,32)33/h6-11,14-15,20,24,34H,3-5,12-13,16-17H2,1-2H3,(H,35,36). The number of nitrogens with zero attached hydrogens (tertiary/aromatic N) is 2. The molecule has 0 aliphatic heterocycles. The second kappa shape index (κ2) is 11.7. The second-order valence-corrected chi connectivity index (χ2v) is 10.6. The van der Waals surface area contributed by atoms with E-state index in [1.54, 1.807) is 19.1 Å². The highest BCUT2D eigenvalue weighted by molar-refractivity contribution is 6.30. The molecule has 0 saturated heterocycles. The summed E-state index contributed by atoms with van der Waals surface area (Å²) in [6, 6.07) is 12.4. The third kappa shape index (κ3) is 6.84. The van der Waals surface area contributed by atoms with Gasteiger partial charge in [-0.15, -0.1) is 0 Å². The van der Waals surface area contributed by atoms with E-state index < -0.39 is 11.7 Å². The highest BCUT2D eigenvalue weighted by Gasteiger charge is 2.31. The minimum Gasteiger partial charge on any atom is -0.342 e. The molecule has 0 radical (unpaired) electrons. The summed E-state index contributed by atoms with van der Waals surface area (Å²) >= 11 is 6.05. The van der Waals surface area contributed by atoms with Crippen molar-refractivity contribution in [2.45, 2.75) is 71.0 Å². The first-order valence-corrected chi connectivity index (χ1v) is 13.2. The van der Waals surface area contributed by atoms with Crippen LogP contribution in [0.1, 0.15) is 62.4 Å². The number of benzene rings is 2. The number of amides is 1. The first kappa shape index (κ1) is 27.9. The summed E-state index contributed by atoms with van der Waals surface area (Å²) in [5, 5.41) is 8.40. The van der Waals surface area contributed by atoms with Gasteiger partial charge in [0.25, 0.3) is 0 Å². The van der Waals surface area contributed by atoms with Gasteiger partial charge in [-0.2, -0.15) is 13.2 Å². The Balaban J connectivity index is 1.36. The molecule has 0 atom stereocenters. The molecule has 1 aromatic heterocycles. The molecule has 0 unspecified atom stereocenters. The first-order chi connectivity index (χ1) is 18.0. The molecule has 1 heterocycles. The molecule has 9 heteroatoms. The van der Waals surface area contributed by atoms with E-state index in [-0.39, 0.29) is 18.4 Å². The van der Waals surface area contributed by atoms with E-state index in [4.69, 9.17) is 17.0 Å². The average molecular weight is 545 g/mol. The molecule has 1 aliphatic carbocycles. The number of carbonyl (C=O) groups is 1. The fraction of sp³-hybridized carbons (Fsp3) is 0.414. The average Bonchev–Trinajstić information content (AvgIpc) is 3.24. The lowest BCUT2D eigenvalue weighted by Gasteiger charge is -2.37. The maximum absolute atomic E-state index is 13.0. The van der Waals surface area contributed by atoms with Crippen LogP contribution < -0.4 is 4.90 Å². The predicted molar refractivity (Wildman–Crippen MR) is 145 cm³/mol. The van der Waals surface area contributed by atoms with Crippen molar-refractivity contribution in [2.24, 2.45) is 5.92 Å². The number of aromatic nitrogens is 2. The molecule has 5 nitrogen and oxygen atoms in total. The number of hydrogen-bond donors (Lipinski definition) is 2. The van der Waals surface area contributed by atoms with Gasteiger partial charge in [0, 0.05) is 33.7 Å². The topological polar surface area (TPSA) is 72.8 Å². The molecule has 1 amide bonds. The number of anilines is 1. The largest absolute Gasteiger partial charge is 0.416 e. The molecule has 202 valence electrons. The quantitative estimate of drug-likeness (QED) is 0.282. The van der Waals surface area contributed by atoms with Crippen LogP contribution >= 0.6 is 11.6 Å². The van der Waals surface area contributed by atoms with Gasteiger partial charge in [-0.25, -0.2) is 4.98 Å². The molecule has 1 aliphatic rings. The second-order valence-electron chi connectivity index (χ2n) is 10.1. The van der Waals surface area contributed by atoms with Gasteiger partial charge in [0.05, 0.1) is 17.7 Å². The SMILES string of the molecule is CC(=N)CC(=O)N(c1ccc(Cl)cc1)C1CCC(CCc2nc(-c3ccc(C(F)(F)F)cc3)[nH]c2C)CC1. The van der Waals surface area contributed by atoms with Crippen molar-refractivity contribution >= 4 is 28.9 Å². The lowest BCUT2D eigenvalue weighted by atomic mass is 9.82. The number of aryl methyl sites for hydroxylation is 2. The van der Waals surface area contributed by atoms with Crippen LogP contribution in [0.2, 0.25) is 5.02 Å². The lowest BCUT2D eigenvalue weighted by molar-refractivity contribution is -0.137.